The van der Waals surface area contributed by atoms with Crippen LogP contribution in [0.3, 0.4) is 0 Å². The second kappa shape index (κ2) is 8.34. The Bertz CT molecular complexity index is 922. The maximum Gasteiger partial charge on any atom is 0.338 e. The first-order valence-corrected chi connectivity index (χ1v) is 11.3. The average Bonchev–Trinajstić information content (AvgIpc) is 3.39. The predicted molar refractivity (Wildman–Crippen MR) is 118 cm³/mol. The van der Waals surface area contributed by atoms with Gasteiger partial charge in [0.05, 0.1) is 31.3 Å². The van der Waals surface area contributed by atoms with Crippen LogP contribution in [0.5, 0.6) is 0 Å². The van der Waals surface area contributed by atoms with Gasteiger partial charge in [-0.2, -0.15) is 0 Å². The van der Waals surface area contributed by atoms with Gasteiger partial charge in [-0.25, -0.2) is 4.79 Å². The van der Waals surface area contributed by atoms with Gasteiger partial charge in [0, 0.05) is 17.8 Å². The van der Waals surface area contributed by atoms with Crippen LogP contribution in [0.1, 0.15) is 52.5 Å². The second-order valence-corrected chi connectivity index (χ2v) is 9.61. The monoisotopic (exact) mass is 426 g/mol. The topological polar surface area (TPSA) is 68.9 Å². The van der Waals surface area contributed by atoms with Crippen LogP contribution in [0.4, 0.5) is 0 Å². The van der Waals surface area contributed by atoms with Gasteiger partial charge < -0.3 is 19.0 Å². The lowest BCUT2D eigenvalue weighted by atomic mass is 9.62. The van der Waals surface area contributed by atoms with Gasteiger partial charge in [0.2, 0.25) is 0 Å². The van der Waals surface area contributed by atoms with E-state index in [1.807, 2.05) is 6.07 Å². The zero-order valence-corrected chi connectivity index (χ0v) is 19.2. The van der Waals surface area contributed by atoms with Crippen LogP contribution in [0.2, 0.25) is 0 Å². The molecule has 4 rings (SSSR count). The summed E-state index contributed by atoms with van der Waals surface area (Å²) in [4.78, 5) is 12.7. The Morgan fingerprint density at radius 2 is 2.16 bits per heavy atom. The lowest BCUT2D eigenvalue weighted by Gasteiger charge is -2.47. The Hall–Kier alpha value is -2.27. The molecule has 3 aliphatic rings. The molecular formula is C26H34O5. The van der Waals surface area contributed by atoms with Gasteiger partial charge in [0.25, 0.3) is 0 Å². The number of carbonyl (C=O) groups is 1. The summed E-state index contributed by atoms with van der Waals surface area (Å²) in [6.45, 7) is 8.18. The SMILES string of the molecule is COC1=C(C)C(=O)O[C@@]12[C@H]1[C@@H](C(C)=C[C@@H]2/C=C(\C)CCCc2ccoc2)[C@H](O)C[C@@H]1C. The van der Waals surface area contributed by atoms with Gasteiger partial charge in [-0.05, 0) is 64.0 Å². The molecule has 5 nitrogen and oxygen atoms in total. The van der Waals surface area contributed by atoms with Crippen molar-refractivity contribution in [2.24, 2.45) is 23.7 Å². The molecule has 1 aromatic rings. The van der Waals surface area contributed by atoms with E-state index in [0.29, 0.717) is 17.8 Å². The van der Waals surface area contributed by atoms with Crippen molar-refractivity contribution in [3.8, 4) is 0 Å². The number of furan rings is 1. The van der Waals surface area contributed by atoms with E-state index in [1.54, 1.807) is 26.6 Å². The highest BCUT2D eigenvalue weighted by Crippen LogP contribution is 2.59. The Balaban J connectivity index is 1.69. The number of aryl methyl sites for hydroxylation is 1. The highest BCUT2D eigenvalue weighted by atomic mass is 16.6. The number of rotatable bonds is 6. The molecule has 168 valence electrons. The number of aliphatic hydroxyl groups is 1. The predicted octanol–water partition coefficient (Wildman–Crippen LogP) is 4.97. The molecule has 31 heavy (non-hydrogen) atoms. The number of carbonyl (C=O) groups excluding carboxylic acids is 1. The van der Waals surface area contributed by atoms with E-state index in [0.717, 1.165) is 19.3 Å². The number of ether oxygens (including phenoxy) is 2. The van der Waals surface area contributed by atoms with Crippen LogP contribution in [0, 0.1) is 23.7 Å². The summed E-state index contributed by atoms with van der Waals surface area (Å²) in [6, 6.07) is 2.00. The fourth-order valence-electron chi connectivity index (χ4n) is 6.27. The maximum atomic E-state index is 12.7. The van der Waals surface area contributed by atoms with Crippen molar-refractivity contribution in [2.75, 3.05) is 7.11 Å². The fraction of sp³-hybridized carbons (Fsp3) is 0.577. The number of fused-ring (bicyclic) bond motifs is 2. The number of esters is 1. The van der Waals surface area contributed by atoms with E-state index in [4.69, 9.17) is 13.9 Å². The molecule has 0 unspecified atom stereocenters. The summed E-state index contributed by atoms with van der Waals surface area (Å²) in [6.07, 6.45) is 11.2. The van der Waals surface area contributed by atoms with Gasteiger partial charge in [-0.15, -0.1) is 0 Å². The van der Waals surface area contributed by atoms with Crippen LogP contribution in [-0.2, 0) is 20.7 Å². The van der Waals surface area contributed by atoms with Gasteiger partial charge in [0.1, 0.15) is 0 Å². The van der Waals surface area contributed by atoms with Crippen LogP contribution >= 0.6 is 0 Å². The summed E-state index contributed by atoms with van der Waals surface area (Å²) in [5, 5.41) is 10.8. The number of aliphatic hydroxyl groups excluding tert-OH is 1. The molecule has 1 spiro atoms. The Kier molecular flexibility index (Phi) is 5.91. The highest BCUT2D eigenvalue weighted by Gasteiger charge is 2.65. The lowest BCUT2D eigenvalue weighted by Crippen LogP contribution is -2.53. The third-order valence-electron chi connectivity index (χ3n) is 7.53. The third kappa shape index (κ3) is 3.57. The van der Waals surface area contributed by atoms with Crippen molar-refractivity contribution in [3.05, 3.63) is 58.8 Å². The molecule has 0 bridgehead atoms. The molecule has 2 heterocycles. The summed E-state index contributed by atoms with van der Waals surface area (Å²) >= 11 is 0. The molecule has 1 aliphatic heterocycles. The van der Waals surface area contributed by atoms with Crippen molar-refractivity contribution in [1.29, 1.82) is 0 Å². The lowest BCUT2D eigenvalue weighted by molar-refractivity contribution is -0.162. The normalized spacial score (nSPS) is 35.4. The molecule has 0 aromatic carbocycles. The van der Waals surface area contributed by atoms with Crippen molar-refractivity contribution < 1.29 is 23.8 Å². The van der Waals surface area contributed by atoms with Gasteiger partial charge in [-0.3, -0.25) is 0 Å². The first-order valence-electron chi connectivity index (χ1n) is 11.3. The van der Waals surface area contributed by atoms with Crippen molar-refractivity contribution >= 4 is 5.97 Å². The standard InChI is InChI=1S/C26H34O5/c1-15(7-6-8-19-9-10-30-14-19)11-20-12-16(2)22-21(27)13-17(3)23(22)26(20)24(29-5)18(4)25(28)31-26/h9-12,14,17,20-23,27H,6-8,13H2,1-5H3/b15-11+/t17-,20-,21+,22-,23+,26-/m0/s1. The van der Waals surface area contributed by atoms with Crippen molar-refractivity contribution in [3.63, 3.8) is 0 Å². The number of methoxy groups -OCH3 is 1. The Labute approximate surface area is 184 Å². The van der Waals surface area contributed by atoms with E-state index in [-0.39, 0.29) is 29.6 Å². The van der Waals surface area contributed by atoms with Gasteiger partial charge in [-0.1, -0.05) is 30.2 Å². The zero-order valence-electron chi connectivity index (χ0n) is 19.2. The molecule has 0 radical (unpaired) electrons. The van der Waals surface area contributed by atoms with Crippen LogP contribution in [-0.4, -0.2) is 29.9 Å². The smallest absolute Gasteiger partial charge is 0.338 e. The summed E-state index contributed by atoms with van der Waals surface area (Å²) in [5.41, 5.74) is 3.30. The molecule has 0 saturated heterocycles. The maximum absolute atomic E-state index is 12.7. The van der Waals surface area contributed by atoms with E-state index in [1.165, 1.54) is 16.7 Å². The fourth-order valence-corrected chi connectivity index (χ4v) is 6.27. The molecule has 6 atom stereocenters. The molecule has 1 N–H and O–H groups in total. The quantitative estimate of drug-likeness (QED) is 0.514. The van der Waals surface area contributed by atoms with Gasteiger partial charge >= 0.3 is 5.97 Å². The average molecular weight is 427 g/mol. The third-order valence-corrected chi connectivity index (χ3v) is 7.53. The van der Waals surface area contributed by atoms with E-state index < -0.39 is 11.7 Å². The minimum Gasteiger partial charge on any atom is -0.496 e. The van der Waals surface area contributed by atoms with Crippen LogP contribution in [0.15, 0.2) is 57.6 Å². The first kappa shape index (κ1) is 21.9. The molecule has 1 aromatic heterocycles. The summed E-state index contributed by atoms with van der Waals surface area (Å²) in [5.74, 6) is 0.378. The minimum atomic E-state index is -0.886. The molecule has 1 saturated carbocycles. The van der Waals surface area contributed by atoms with Gasteiger partial charge in [0.15, 0.2) is 11.4 Å². The molecular weight excluding hydrogens is 392 g/mol. The number of hydrogen-bond acceptors (Lipinski definition) is 5. The molecule has 5 heteroatoms. The summed E-state index contributed by atoms with van der Waals surface area (Å²) in [7, 11) is 1.62. The molecule has 1 fully saturated rings. The Morgan fingerprint density at radius 3 is 2.84 bits per heavy atom. The minimum absolute atomic E-state index is 0.0103. The Morgan fingerprint density at radius 1 is 1.39 bits per heavy atom. The number of allylic oxidation sites excluding steroid dienone is 1. The zero-order chi connectivity index (χ0) is 22.3. The van der Waals surface area contributed by atoms with E-state index in [2.05, 4.69) is 32.9 Å². The van der Waals surface area contributed by atoms with Crippen LogP contribution in [0.25, 0.3) is 0 Å². The highest BCUT2D eigenvalue weighted by molar-refractivity contribution is 5.92. The first-order chi connectivity index (χ1) is 14.8. The summed E-state index contributed by atoms with van der Waals surface area (Å²) < 4.78 is 17.2. The molecule has 0 amide bonds. The second-order valence-electron chi connectivity index (χ2n) is 9.61. The van der Waals surface area contributed by atoms with Crippen molar-refractivity contribution in [2.45, 2.75) is 65.1 Å². The largest absolute Gasteiger partial charge is 0.496 e. The molecule has 2 aliphatic carbocycles. The number of hydrogen-bond donors (Lipinski definition) is 1. The van der Waals surface area contributed by atoms with Crippen LogP contribution < -0.4 is 0 Å². The van der Waals surface area contributed by atoms with E-state index in [9.17, 15) is 9.90 Å². The van der Waals surface area contributed by atoms with E-state index >= 15 is 0 Å². The van der Waals surface area contributed by atoms with Crippen molar-refractivity contribution in [1.82, 2.24) is 0 Å².